The number of hydrogen-bond donors (Lipinski definition) is 1. The van der Waals surface area contributed by atoms with Gasteiger partial charge in [0.1, 0.15) is 11.2 Å². The minimum Gasteiger partial charge on any atom is -0.436 e. The molecule has 1 unspecified atom stereocenters. The maximum atomic E-state index is 11.8. The Bertz CT molecular complexity index is 1340. The first-order valence-electron chi connectivity index (χ1n) is 12.4. The van der Waals surface area contributed by atoms with Crippen molar-refractivity contribution >= 4 is 25.3 Å². The van der Waals surface area contributed by atoms with Gasteiger partial charge in [-0.15, -0.1) is 0 Å². The predicted molar refractivity (Wildman–Crippen MR) is 145 cm³/mol. The fourth-order valence-corrected chi connectivity index (χ4v) is 5.65. The number of nitrogens with zero attached hydrogens (tertiary/aromatic N) is 3. The number of aromatic nitrogens is 3. The molecule has 8 heteroatoms. The number of nitrogens with two attached hydrogens (primary N) is 1. The number of benzene rings is 2. The van der Waals surface area contributed by atoms with Gasteiger partial charge in [-0.05, 0) is 56.1 Å². The molecule has 2 heterocycles. The SMILES string of the molecule is C[C@@H](CCC(c1cccc2oc(-c3ccccc3)nc12)n1cnc(C(N)=O)c1)O[Si](C)(C)C(C)(C)C. The Hall–Kier alpha value is -3.23. The third-order valence-electron chi connectivity index (χ3n) is 7.19. The van der Waals surface area contributed by atoms with Crippen LogP contribution in [0.2, 0.25) is 18.1 Å². The van der Waals surface area contributed by atoms with Crippen molar-refractivity contribution in [2.24, 2.45) is 5.73 Å². The summed E-state index contributed by atoms with van der Waals surface area (Å²) in [6.07, 6.45) is 5.08. The van der Waals surface area contributed by atoms with Gasteiger partial charge in [-0.25, -0.2) is 9.97 Å². The van der Waals surface area contributed by atoms with Crippen molar-refractivity contribution in [3.05, 3.63) is 72.3 Å². The third kappa shape index (κ3) is 5.44. The van der Waals surface area contributed by atoms with Gasteiger partial charge in [0.05, 0.1) is 12.4 Å². The maximum absolute atomic E-state index is 11.8. The first-order chi connectivity index (χ1) is 17.0. The molecule has 190 valence electrons. The van der Waals surface area contributed by atoms with E-state index in [1.807, 2.05) is 47.0 Å². The zero-order valence-corrected chi connectivity index (χ0v) is 23.0. The summed E-state index contributed by atoms with van der Waals surface area (Å²) >= 11 is 0. The maximum Gasteiger partial charge on any atom is 0.268 e. The summed E-state index contributed by atoms with van der Waals surface area (Å²) in [4.78, 5) is 20.9. The molecule has 0 spiro atoms. The van der Waals surface area contributed by atoms with Crippen LogP contribution in [0.15, 0.2) is 65.5 Å². The summed E-state index contributed by atoms with van der Waals surface area (Å²) in [7, 11) is -1.89. The smallest absolute Gasteiger partial charge is 0.268 e. The van der Waals surface area contributed by atoms with Crippen LogP contribution in [-0.4, -0.2) is 34.9 Å². The zero-order chi connectivity index (χ0) is 26.1. The van der Waals surface area contributed by atoms with Gasteiger partial charge in [0.15, 0.2) is 13.9 Å². The second kappa shape index (κ2) is 10.0. The molecule has 4 rings (SSSR count). The lowest BCUT2D eigenvalue weighted by atomic mass is 9.99. The van der Waals surface area contributed by atoms with Gasteiger partial charge in [0.25, 0.3) is 5.91 Å². The average Bonchev–Trinajstić information content (AvgIpc) is 3.47. The molecule has 36 heavy (non-hydrogen) atoms. The van der Waals surface area contributed by atoms with Crippen molar-refractivity contribution < 1.29 is 13.6 Å². The Morgan fingerprint density at radius 2 is 1.83 bits per heavy atom. The molecule has 0 fully saturated rings. The minimum atomic E-state index is -1.89. The molecular weight excluding hydrogens is 468 g/mol. The largest absolute Gasteiger partial charge is 0.436 e. The summed E-state index contributed by atoms with van der Waals surface area (Å²) in [6.45, 7) is 13.4. The van der Waals surface area contributed by atoms with E-state index in [0.717, 1.165) is 35.1 Å². The van der Waals surface area contributed by atoms with Crippen molar-refractivity contribution in [1.29, 1.82) is 0 Å². The molecule has 0 radical (unpaired) electrons. The molecule has 7 nitrogen and oxygen atoms in total. The van der Waals surface area contributed by atoms with Crippen LogP contribution < -0.4 is 5.73 Å². The molecule has 2 aromatic carbocycles. The van der Waals surface area contributed by atoms with Crippen LogP contribution in [0.4, 0.5) is 0 Å². The number of hydrogen-bond acceptors (Lipinski definition) is 5. The highest BCUT2D eigenvalue weighted by molar-refractivity contribution is 6.74. The number of carbonyl (C=O) groups is 1. The number of oxazole rings is 1. The standard InChI is InChI=1S/C28H36N4O3Si/c1-19(35-36(5,6)28(2,3)4)15-16-23(32-17-22(26(29)33)30-18-32)21-13-10-14-24-25(21)31-27(34-24)20-11-8-7-9-12-20/h7-14,17-19,23H,15-16H2,1-6H3,(H2,29,33)/t19-,23?/m0/s1. The number of carbonyl (C=O) groups excluding carboxylic acids is 1. The van der Waals surface area contributed by atoms with Gasteiger partial charge in [0, 0.05) is 23.4 Å². The molecule has 1 amide bonds. The number of fused-ring (bicyclic) bond motifs is 1. The highest BCUT2D eigenvalue weighted by Gasteiger charge is 2.38. The Kier molecular flexibility index (Phi) is 7.20. The van der Waals surface area contributed by atoms with Crippen molar-refractivity contribution in [3.8, 4) is 11.5 Å². The van der Waals surface area contributed by atoms with E-state index < -0.39 is 14.2 Å². The summed E-state index contributed by atoms with van der Waals surface area (Å²) in [5, 5.41) is 0.140. The minimum absolute atomic E-state index is 0.0870. The number of amides is 1. The number of imidazole rings is 1. The topological polar surface area (TPSA) is 96.2 Å². The highest BCUT2D eigenvalue weighted by atomic mass is 28.4. The summed E-state index contributed by atoms with van der Waals surface area (Å²) in [6, 6.07) is 15.7. The molecule has 2 aromatic heterocycles. The Morgan fingerprint density at radius 3 is 2.47 bits per heavy atom. The Morgan fingerprint density at radius 1 is 1.11 bits per heavy atom. The van der Waals surface area contributed by atoms with Crippen LogP contribution in [-0.2, 0) is 4.43 Å². The van der Waals surface area contributed by atoms with E-state index >= 15 is 0 Å². The highest BCUT2D eigenvalue weighted by Crippen LogP contribution is 2.38. The summed E-state index contributed by atoms with van der Waals surface area (Å²) in [5.41, 5.74) is 9.19. The predicted octanol–water partition coefficient (Wildman–Crippen LogP) is 6.57. The number of rotatable bonds is 9. The molecule has 0 saturated heterocycles. The van der Waals surface area contributed by atoms with Gasteiger partial charge >= 0.3 is 0 Å². The van der Waals surface area contributed by atoms with Gasteiger partial charge in [-0.3, -0.25) is 4.79 Å². The van der Waals surface area contributed by atoms with Crippen LogP contribution in [0.5, 0.6) is 0 Å². The van der Waals surface area contributed by atoms with E-state index in [2.05, 4.69) is 51.8 Å². The second-order valence-corrected chi connectivity index (χ2v) is 15.7. The molecule has 0 bridgehead atoms. The Balaban J connectivity index is 1.69. The van der Waals surface area contributed by atoms with Crippen LogP contribution in [0.1, 0.15) is 62.6 Å². The van der Waals surface area contributed by atoms with E-state index in [4.69, 9.17) is 19.6 Å². The molecule has 0 aliphatic rings. The van der Waals surface area contributed by atoms with Crippen molar-refractivity contribution in [2.45, 2.75) is 70.8 Å². The summed E-state index contributed by atoms with van der Waals surface area (Å²) in [5.74, 6) is 0.0306. The lowest BCUT2D eigenvalue weighted by Crippen LogP contribution is -2.43. The number of primary amides is 1. The first-order valence-corrected chi connectivity index (χ1v) is 15.3. The van der Waals surface area contributed by atoms with E-state index in [9.17, 15) is 4.79 Å². The van der Waals surface area contributed by atoms with Crippen LogP contribution in [0.3, 0.4) is 0 Å². The van der Waals surface area contributed by atoms with Gasteiger partial charge in [-0.1, -0.05) is 51.1 Å². The molecule has 0 aliphatic carbocycles. The average molecular weight is 505 g/mol. The fourth-order valence-electron chi connectivity index (χ4n) is 4.17. The quantitative estimate of drug-likeness (QED) is 0.260. The van der Waals surface area contributed by atoms with Crippen LogP contribution in [0, 0.1) is 0 Å². The zero-order valence-electron chi connectivity index (χ0n) is 22.0. The second-order valence-electron chi connectivity index (χ2n) is 10.9. The fraction of sp³-hybridized carbons (Fsp3) is 0.393. The van der Waals surface area contributed by atoms with Gasteiger partial charge in [0.2, 0.25) is 5.89 Å². The van der Waals surface area contributed by atoms with Gasteiger partial charge in [-0.2, -0.15) is 0 Å². The Labute approximate surface area is 213 Å². The van der Waals surface area contributed by atoms with Crippen LogP contribution in [0.25, 0.3) is 22.6 Å². The monoisotopic (exact) mass is 504 g/mol. The van der Waals surface area contributed by atoms with Crippen molar-refractivity contribution in [2.75, 3.05) is 0 Å². The molecular formula is C28H36N4O3Si. The third-order valence-corrected chi connectivity index (χ3v) is 11.8. The van der Waals surface area contributed by atoms with E-state index in [1.54, 1.807) is 12.5 Å². The molecule has 0 aliphatic heterocycles. The summed E-state index contributed by atoms with van der Waals surface area (Å²) < 4.78 is 14.7. The lowest BCUT2D eigenvalue weighted by molar-refractivity contribution is 0.0996. The normalized spacial score (nSPS) is 14.2. The molecule has 2 atom stereocenters. The van der Waals surface area contributed by atoms with Crippen molar-refractivity contribution in [3.63, 3.8) is 0 Å². The lowest BCUT2D eigenvalue weighted by Gasteiger charge is -2.38. The first kappa shape index (κ1) is 25.8. The van der Waals surface area contributed by atoms with E-state index in [-0.39, 0.29) is 22.9 Å². The van der Waals surface area contributed by atoms with Gasteiger partial charge < -0.3 is 19.1 Å². The molecule has 2 N–H and O–H groups in total. The molecule has 4 aromatic rings. The van der Waals surface area contributed by atoms with Crippen molar-refractivity contribution in [1.82, 2.24) is 14.5 Å². The van der Waals surface area contributed by atoms with E-state index in [1.165, 1.54) is 0 Å². The van der Waals surface area contributed by atoms with Crippen LogP contribution >= 0.6 is 0 Å². The number of para-hydroxylation sites is 1. The molecule has 0 saturated carbocycles. The van der Waals surface area contributed by atoms with E-state index in [0.29, 0.717) is 5.89 Å².